The molecule has 3 aromatic rings. The SMILES string of the molecule is Cc1ccc(Sc2cc(NC(=O)c3cn(C)nc3C)cc([N+](=O)[O-])c2)cc1. The molecule has 7 nitrogen and oxygen atoms in total. The van der Waals surface area contributed by atoms with Gasteiger partial charge in [0.25, 0.3) is 11.6 Å². The second-order valence-corrected chi connectivity index (χ2v) is 7.29. The maximum atomic E-state index is 12.5. The van der Waals surface area contributed by atoms with Crippen LogP contribution in [0.5, 0.6) is 0 Å². The van der Waals surface area contributed by atoms with Crippen LogP contribution in [-0.4, -0.2) is 20.6 Å². The molecule has 0 saturated heterocycles. The zero-order valence-electron chi connectivity index (χ0n) is 15.1. The van der Waals surface area contributed by atoms with Crippen LogP contribution < -0.4 is 5.32 Å². The Labute approximate surface area is 160 Å². The number of nitro benzene ring substituents is 1. The largest absolute Gasteiger partial charge is 0.322 e. The summed E-state index contributed by atoms with van der Waals surface area (Å²) in [6, 6.07) is 12.4. The highest BCUT2D eigenvalue weighted by atomic mass is 32.2. The molecular formula is C19H18N4O3S. The van der Waals surface area contributed by atoms with Crippen LogP contribution in [0, 0.1) is 24.0 Å². The molecule has 27 heavy (non-hydrogen) atoms. The minimum atomic E-state index is -0.468. The molecule has 3 rings (SSSR count). The number of carbonyl (C=O) groups excluding carboxylic acids is 1. The number of carbonyl (C=O) groups is 1. The number of amides is 1. The van der Waals surface area contributed by atoms with E-state index in [1.165, 1.54) is 23.9 Å². The molecule has 0 aliphatic heterocycles. The highest BCUT2D eigenvalue weighted by Gasteiger charge is 2.16. The fraction of sp³-hybridized carbons (Fsp3) is 0.158. The first-order valence-electron chi connectivity index (χ1n) is 8.17. The molecule has 0 aliphatic rings. The molecular weight excluding hydrogens is 364 g/mol. The molecule has 8 heteroatoms. The van der Waals surface area contributed by atoms with Crippen molar-refractivity contribution in [2.75, 3.05) is 5.32 Å². The van der Waals surface area contributed by atoms with Crippen LogP contribution in [0.2, 0.25) is 0 Å². The zero-order chi connectivity index (χ0) is 19.6. The van der Waals surface area contributed by atoms with Crippen molar-refractivity contribution >= 4 is 29.0 Å². The van der Waals surface area contributed by atoms with E-state index in [1.807, 2.05) is 31.2 Å². The number of non-ortho nitro benzene ring substituents is 1. The predicted molar refractivity (Wildman–Crippen MR) is 104 cm³/mol. The molecule has 0 bridgehead atoms. The number of rotatable bonds is 5. The molecule has 2 aromatic carbocycles. The van der Waals surface area contributed by atoms with Crippen LogP contribution >= 0.6 is 11.8 Å². The van der Waals surface area contributed by atoms with E-state index >= 15 is 0 Å². The van der Waals surface area contributed by atoms with Gasteiger partial charge in [-0.2, -0.15) is 5.10 Å². The Bertz CT molecular complexity index is 1010. The van der Waals surface area contributed by atoms with Crippen LogP contribution in [0.1, 0.15) is 21.6 Å². The van der Waals surface area contributed by atoms with E-state index in [0.717, 1.165) is 10.5 Å². The summed E-state index contributed by atoms with van der Waals surface area (Å²) in [5.74, 6) is -0.354. The van der Waals surface area contributed by atoms with E-state index in [2.05, 4.69) is 10.4 Å². The van der Waals surface area contributed by atoms with Gasteiger partial charge in [-0.25, -0.2) is 0 Å². The van der Waals surface area contributed by atoms with Gasteiger partial charge in [0.2, 0.25) is 0 Å². The van der Waals surface area contributed by atoms with Gasteiger partial charge in [0.05, 0.1) is 16.2 Å². The molecule has 0 spiro atoms. The molecule has 138 valence electrons. The van der Waals surface area contributed by atoms with Crippen molar-refractivity contribution in [3.63, 3.8) is 0 Å². The van der Waals surface area contributed by atoms with E-state index in [1.54, 1.807) is 30.9 Å². The van der Waals surface area contributed by atoms with Gasteiger partial charge >= 0.3 is 0 Å². The Balaban J connectivity index is 1.89. The molecule has 1 N–H and O–H groups in total. The van der Waals surface area contributed by atoms with E-state index in [9.17, 15) is 14.9 Å². The van der Waals surface area contributed by atoms with Crippen molar-refractivity contribution in [2.45, 2.75) is 23.6 Å². The third-order valence-corrected chi connectivity index (χ3v) is 4.85. The van der Waals surface area contributed by atoms with Crippen LogP contribution in [0.15, 0.2) is 58.5 Å². The molecule has 0 aliphatic carbocycles. The van der Waals surface area contributed by atoms with Gasteiger partial charge in [-0.15, -0.1) is 0 Å². The highest BCUT2D eigenvalue weighted by molar-refractivity contribution is 7.99. The molecule has 0 fully saturated rings. The number of benzene rings is 2. The molecule has 1 heterocycles. The topological polar surface area (TPSA) is 90.1 Å². The number of anilines is 1. The summed E-state index contributed by atoms with van der Waals surface area (Å²) in [4.78, 5) is 24.9. The Morgan fingerprint density at radius 2 is 1.85 bits per heavy atom. The lowest BCUT2D eigenvalue weighted by Crippen LogP contribution is -2.12. The minimum Gasteiger partial charge on any atom is -0.322 e. The third-order valence-electron chi connectivity index (χ3n) is 3.87. The van der Waals surface area contributed by atoms with Crippen molar-refractivity contribution < 1.29 is 9.72 Å². The fourth-order valence-corrected chi connectivity index (χ4v) is 3.49. The monoisotopic (exact) mass is 382 g/mol. The van der Waals surface area contributed by atoms with Crippen molar-refractivity contribution in [3.8, 4) is 0 Å². The molecule has 1 aromatic heterocycles. The van der Waals surface area contributed by atoms with Crippen molar-refractivity contribution in [3.05, 3.63) is 75.6 Å². The standard InChI is InChI=1S/C19H18N4O3S/c1-12-4-6-16(7-5-12)27-17-9-14(8-15(10-17)23(25)26)20-19(24)18-11-22(3)21-13(18)2/h4-11H,1-3H3,(H,20,24). The minimum absolute atomic E-state index is 0.0784. The summed E-state index contributed by atoms with van der Waals surface area (Å²) in [5, 5.41) is 18.2. The van der Waals surface area contributed by atoms with Crippen LogP contribution in [0.3, 0.4) is 0 Å². The number of hydrogen-bond donors (Lipinski definition) is 1. The second-order valence-electron chi connectivity index (χ2n) is 6.14. The maximum absolute atomic E-state index is 12.5. The van der Waals surface area contributed by atoms with Gasteiger partial charge in [0.15, 0.2) is 0 Å². The number of aromatic nitrogens is 2. The van der Waals surface area contributed by atoms with Crippen molar-refractivity contribution in [2.24, 2.45) is 7.05 Å². The zero-order valence-corrected chi connectivity index (χ0v) is 15.9. The van der Waals surface area contributed by atoms with Gasteiger partial charge < -0.3 is 5.32 Å². The van der Waals surface area contributed by atoms with E-state index < -0.39 is 4.92 Å². The Hall–Kier alpha value is -3.13. The summed E-state index contributed by atoms with van der Waals surface area (Å²) in [6.07, 6.45) is 1.62. The van der Waals surface area contributed by atoms with E-state index in [4.69, 9.17) is 0 Å². The van der Waals surface area contributed by atoms with Crippen molar-refractivity contribution in [1.82, 2.24) is 9.78 Å². The number of nitrogens with zero attached hydrogens (tertiary/aromatic N) is 3. The van der Waals surface area contributed by atoms with Crippen LogP contribution in [0.4, 0.5) is 11.4 Å². The Kier molecular flexibility index (Phi) is 5.27. The Morgan fingerprint density at radius 1 is 1.15 bits per heavy atom. The predicted octanol–water partition coefficient (Wildman–Crippen LogP) is 4.35. The van der Waals surface area contributed by atoms with Gasteiger partial charge in [0.1, 0.15) is 0 Å². The fourth-order valence-electron chi connectivity index (χ4n) is 2.58. The van der Waals surface area contributed by atoms with Crippen LogP contribution in [0.25, 0.3) is 0 Å². The molecule has 0 saturated carbocycles. The van der Waals surface area contributed by atoms with E-state index in [0.29, 0.717) is 21.8 Å². The third kappa shape index (κ3) is 4.53. The highest BCUT2D eigenvalue weighted by Crippen LogP contribution is 2.33. The quantitative estimate of drug-likeness (QED) is 0.523. The van der Waals surface area contributed by atoms with Crippen LogP contribution in [-0.2, 0) is 7.05 Å². The lowest BCUT2D eigenvalue weighted by Gasteiger charge is -2.08. The van der Waals surface area contributed by atoms with Gasteiger partial charge in [0, 0.05) is 40.9 Å². The average molecular weight is 382 g/mol. The number of aryl methyl sites for hydroxylation is 3. The summed E-state index contributed by atoms with van der Waals surface area (Å²) < 4.78 is 1.55. The molecule has 0 radical (unpaired) electrons. The normalized spacial score (nSPS) is 10.6. The van der Waals surface area contributed by atoms with Crippen molar-refractivity contribution in [1.29, 1.82) is 0 Å². The first kappa shape index (κ1) is 18.7. The molecule has 0 atom stereocenters. The summed E-state index contributed by atoms with van der Waals surface area (Å²) in [6.45, 7) is 3.73. The first-order chi connectivity index (χ1) is 12.8. The van der Waals surface area contributed by atoms with Gasteiger partial charge in [-0.3, -0.25) is 19.6 Å². The average Bonchev–Trinajstić information content (AvgIpc) is 2.95. The maximum Gasteiger partial charge on any atom is 0.272 e. The summed E-state index contributed by atoms with van der Waals surface area (Å²) in [5.41, 5.74) is 2.45. The first-order valence-corrected chi connectivity index (χ1v) is 8.99. The van der Waals surface area contributed by atoms with Gasteiger partial charge in [-0.05, 0) is 32.0 Å². The van der Waals surface area contributed by atoms with E-state index in [-0.39, 0.29) is 11.6 Å². The smallest absolute Gasteiger partial charge is 0.272 e. The lowest BCUT2D eigenvalue weighted by atomic mass is 10.2. The number of hydrogen-bond acceptors (Lipinski definition) is 5. The number of nitrogens with one attached hydrogen (secondary N) is 1. The summed E-state index contributed by atoms with van der Waals surface area (Å²) >= 11 is 1.40. The summed E-state index contributed by atoms with van der Waals surface area (Å²) in [7, 11) is 1.73. The second kappa shape index (κ2) is 7.63. The van der Waals surface area contributed by atoms with Gasteiger partial charge in [-0.1, -0.05) is 29.5 Å². The number of nitro groups is 1. The molecule has 1 amide bonds. The lowest BCUT2D eigenvalue weighted by molar-refractivity contribution is -0.385. The Morgan fingerprint density at radius 3 is 2.44 bits per heavy atom. The molecule has 0 unspecified atom stereocenters.